The molecule has 1 aliphatic heterocycles. The first kappa shape index (κ1) is 25.3. The molecule has 0 aliphatic carbocycles. The lowest BCUT2D eigenvalue weighted by Crippen LogP contribution is -2.32. The van der Waals surface area contributed by atoms with Crippen LogP contribution in [-0.4, -0.2) is 36.3 Å². The van der Waals surface area contributed by atoms with Crippen molar-refractivity contribution in [1.29, 1.82) is 0 Å². The van der Waals surface area contributed by atoms with Gasteiger partial charge in [0.25, 0.3) is 11.1 Å². The van der Waals surface area contributed by atoms with Crippen LogP contribution in [0.3, 0.4) is 0 Å². The summed E-state index contributed by atoms with van der Waals surface area (Å²) < 4.78 is 30.8. The number of thioether (sulfide) groups is 1. The van der Waals surface area contributed by atoms with E-state index in [1.165, 1.54) is 18.1 Å². The Morgan fingerprint density at radius 2 is 1.75 bits per heavy atom. The highest BCUT2D eigenvalue weighted by atomic mass is 32.2. The minimum absolute atomic E-state index is 0.0470. The maximum absolute atomic E-state index is 13.9. The quantitative estimate of drug-likeness (QED) is 0.324. The second-order valence-electron chi connectivity index (χ2n) is 8.24. The third-order valence-electron chi connectivity index (χ3n) is 5.62. The molecule has 8 heteroatoms. The molecule has 1 aliphatic rings. The van der Waals surface area contributed by atoms with Gasteiger partial charge in [-0.2, -0.15) is 0 Å². The fourth-order valence-electron chi connectivity index (χ4n) is 3.62. The number of methoxy groups -OCH3 is 1. The van der Waals surface area contributed by atoms with Crippen LogP contribution in [0.2, 0.25) is 0 Å². The number of benzene rings is 3. The minimum Gasteiger partial charge on any atom is -0.493 e. The molecular formula is C28H26FNO5S. The Hall–Kier alpha value is -3.78. The SMILES string of the molecule is COc1cc(/C=C2\SC(=O)N(CCOc3cc(C)ccc3C)C2=O)ccc1OCc1ccccc1F. The smallest absolute Gasteiger partial charge is 0.293 e. The van der Waals surface area contributed by atoms with Crippen LogP contribution >= 0.6 is 11.8 Å². The van der Waals surface area contributed by atoms with Gasteiger partial charge in [0.1, 0.15) is 24.8 Å². The van der Waals surface area contributed by atoms with E-state index in [-0.39, 0.29) is 36.7 Å². The lowest BCUT2D eigenvalue weighted by molar-refractivity contribution is -0.123. The van der Waals surface area contributed by atoms with Gasteiger partial charge in [-0.15, -0.1) is 0 Å². The summed E-state index contributed by atoms with van der Waals surface area (Å²) in [6.07, 6.45) is 1.64. The number of nitrogens with zero attached hydrogens (tertiary/aromatic N) is 1. The van der Waals surface area contributed by atoms with Gasteiger partial charge in [0, 0.05) is 5.56 Å². The van der Waals surface area contributed by atoms with Gasteiger partial charge >= 0.3 is 0 Å². The van der Waals surface area contributed by atoms with Crippen LogP contribution in [0.4, 0.5) is 9.18 Å². The summed E-state index contributed by atoms with van der Waals surface area (Å²) in [5.41, 5.74) is 3.16. The zero-order valence-corrected chi connectivity index (χ0v) is 21.1. The number of carbonyl (C=O) groups excluding carboxylic acids is 2. The number of hydrogen-bond acceptors (Lipinski definition) is 6. The molecule has 4 rings (SSSR count). The van der Waals surface area contributed by atoms with E-state index in [0.29, 0.717) is 27.5 Å². The number of halogens is 1. The van der Waals surface area contributed by atoms with Crippen molar-refractivity contribution in [2.45, 2.75) is 20.5 Å². The van der Waals surface area contributed by atoms with Crippen molar-refractivity contribution in [2.75, 3.05) is 20.3 Å². The fraction of sp³-hybridized carbons (Fsp3) is 0.214. The summed E-state index contributed by atoms with van der Waals surface area (Å²) in [6, 6.07) is 17.4. The molecule has 1 heterocycles. The molecule has 0 bridgehead atoms. The Bertz CT molecular complexity index is 1320. The first-order valence-electron chi connectivity index (χ1n) is 11.4. The minimum atomic E-state index is -0.367. The van der Waals surface area contributed by atoms with Crippen molar-refractivity contribution in [2.24, 2.45) is 0 Å². The molecule has 0 spiro atoms. The Labute approximate surface area is 213 Å². The van der Waals surface area contributed by atoms with Crippen LogP contribution in [0, 0.1) is 19.7 Å². The summed E-state index contributed by atoms with van der Waals surface area (Å²) >= 11 is 0.885. The van der Waals surface area contributed by atoms with E-state index in [1.54, 1.807) is 42.5 Å². The first-order valence-corrected chi connectivity index (χ1v) is 12.2. The predicted molar refractivity (Wildman–Crippen MR) is 138 cm³/mol. The molecule has 6 nitrogen and oxygen atoms in total. The normalized spacial score (nSPS) is 14.4. The van der Waals surface area contributed by atoms with Crippen LogP contribution in [0.25, 0.3) is 6.08 Å². The number of ether oxygens (including phenoxy) is 3. The summed E-state index contributed by atoms with van der Waals surface area (Å²) in [5, 5.41) is -0.340. The highest BCUT2D eigenvalue weighted by molar-refractivity contribution is 8.18. The number of amides is 2. The van der Waals surface area contributed by atoms with Crippen molar-refractivity contribution in [3.05, 3.63) is 93.6 Å². The molecule has 0 aromatic heterocycles. The number of imide groups is 1. The van der Waals surface area contributed by atoms with Gasteiger partial charge in [0.2, 0.25) is 0 Å². The summed E-state index contributed by atoms with van der Waals surface area (Å²) in [5.74, 6) is 0.898. The monoisotopic (exact) mass is 507 g/mol. The maximum atomic E-state index is 13.9. The summed E-state index contributed by atoms with van der Waals surface area (Å²) in [6.45, 7) is 4.33. The Balaban J connectivity index is 1.41. The van der Waals surface area contributed by atoms with E-state index in [2.05, 4.69) is 0 Å². The van der Waals surface area contributed by atoms with Crippen molar-refractivity contribution in [1.82, 2.24) is 4.90 Å². The second kappa shape index (κ2) is 11.3. The van der Waals surface area contributed by atoms with E-state index in [9.17, 15) is 14.0 Å². The third-order valence-corrected chi connectivity index (χ3v) is 6.52. The highest BCUT2D eigenvalue weighted by Gasteiger charge is 2.34. The lowest BCUT2D eigenvalue weighted by atomic mass is 10.1. The zero-order valence-electron chi connectivity index (χ0n) is 20.2. The second-order valence-corrected chi connectivity index (χ2v) is 9.23. The zero-order chi connectivity index (χ0) is 25.7. The van der Waals surface area contributed by atoms with Crippen molar-refractivity contribution in [3.8, 4) is 17.2 Å². The van der Waals surface area contributed by atoms with Crippen molar-refractivity contribution < 1.29 is 28.2 Å². The fourth-order valence-corrected chi connectivity index (χ4v) is 4.48. The molecule has 186 valence electrons. The van der Waals surface area contributed by atoms with E-state index >= 15 is 0 Å². The number of rotatable bonds is 9. The molecule has 0 saturated carbocycles. The van der Waals surface area contributed by atoms with E-state index < -0.39 is 0 Å². The van der Waals surface area contributed by atoms with Gasteiger partial charge in [0.15, 0.2) is 11.5 Å². The van der Waals surface area contributed by atoms with Crippen LogP contribution in [-0.2, 0) is 11.4 Å². The summed E-state index contributed by atoms with van der Waals surface area (Å²) in [7, 11) is 1.50. The third kappa shape index (κ3) is 5.88. The Morgan fingerprint density at radius 1 is 0.944 bits per heavy atom. The standard InChI is InChI=1S/C28H26FNO5S/c1-18-8-9-19(2)24(14-18)34-13-12-30-27(31)26(36-28(30)32)16-20-10-11-23(25(15-20)33-3)35-17-21-6-4-5-7-22(21)29/h4-11,14-16H,12-13,17H2,1-3H3/b26-16-. The molecule has 0 unspecified atom stereocenters. The largest absolute Gasteiger partial charge is 0.493 e. The molecule has 0 radical (unpaired) electrons. The van der Waals surface area contributed by atoms with Crippen LogP contribution < -0.4 is 14.2 Å². The molecular weight excluding hydrogens is 481 g/mol. The van der Waals surface area contributed by atoms with Gasteiger partial charge in [-0.1, -0.05) is 36.4 Å². The molecule has 0 atom stereocenters. The van der Waals surface area contributed by atoms with Crippen LogP contribution in [0.5, 0.6) is 17.2 Å². The molecule has 0 N–H and O–H groups in total. The van der Waals surface area contributed by atoms with Gasteiger partial charge in [-0.05, 0) is 72.6 Å². The van der Waals surface area contributed by atoms with Gasteiger partial charge in [-0.3, -0.25) is 14.5 Å². The topological polar surface area (TPSA) is 65.1 Å². The van der Waals surface area contributed by atoms with E-state index in [1.807, 2.05) is 32.0 Å². The lowest BCUT2D eigenvalue weighted by Gasteiger charge is -2.14. The highest BCUT2D eigenvalue weighted by Crippen LogP contribution is 2.35. The molecule has 1 saturated heterocycles. The van der Waals surface area contributed by atoms with Crippen LogP contribution in [0.15, 0.2) is 65.6 Å². The van der Waals surface area contributed by atoms with Gasteiger partial charge in [-0.25, -0.2) is 4.39 Å². The average molecular weight is 508 g/mol. The predicted octanol–water partition coefficient (Wildman–Crippen LogP) is 6.15. The molecule has 36 heavy (non-hydrogen) atoms. The van der Waals surface area contributed by atoms with Gasteiger partial charge < -0.3 is 14.2 Å². The van der Waals surface area contributed by atoms with Crippen molar-refractivity contribution in [3.63, 3.8) is 0 Å². The molecule has 2 amide bonds. The number of aryl methyl sites for hydroxylation is 2. The summed E-state index contributed by atoms with van der Waals surface area (Å²) in [4.78, 5) is 26.8. The maximum Gasteiger partial charge on any atom is 0.293 e. The van der Waals surface area contributed by atoms with Crippen LogP contribution in [0.1, 0.15) is 22.3 Å². The Kier molecular flexibility index (Phi) is 7.95. The molecule has 1 fully saturated rings. The number of hydrogen-bond donors (Lipinski definition) is 0. The first-order chi connectivity index (χ1) is 17.4. The van der Waals surface area contributed by atoms with E-state index in [4.69, 9.17) is 14.2 Å². The molecule has 3 aromatic carbocycles. The van der Waals surface area contributed by atoms with Crippen molar-refractivity contribution >= 4 is 29.0 Å². The van der Waals surface area contributed by atoms with E-state index in [0.717, 1.165) is 28.6 Å². The number of carbonyl (C=O) groups is 2. The molecule has 3 aromatic rings. The van der Waals surface area contributed by atoms with Gasteiger partial charge in [0.05, 0.1) is 18.6 Å². The average Bonchev–Trinajstić information content (AvgIpc) is 3.13. The Morgan fingerprint density at radius 3 is 2.53 bits per heavy atom.